The summed E-state index contributed by atoms with van der Waals surface area (Å²) in [5, 5.41) is 12.1. The smallest absolute Gasteiger partial charge is 0.228 e. The zero-order valence-electron chi connectivity index (χ0n) is 10.4. The normalized spacial score (nSPS) is 9.85. The lowest BCUT2D eigenvalue weighted by atomic mass is 10.1. The first kappa shape index (κ1) is 14.6. The van der Waals surface area contributed by atoms with E-state index in [1.54, 1.807) is 42.5 Å². The van der Waals surface area contributed by atoms with Gasteiger partial charge in [0.1, 0.15) is 0 Å². The van der Waals surface area contributed by atoms with E-state index in [2.05, 4.69) is 21.2 Å². The quantitative estimate of drug-likeness (QED) is 0.905. The van der Waals surface area contributed by atoms with E-state index in [1.807, 2.05) is 6.07 Å². The van der Waals surface area contributed by atoms with Crippen molar-refractivity contribution in [3.8, 4) is 6.07 Å². The molecule has 3 nitrogen and oxygen atoms in total. The van der Waals surface area contributed by atoms with Gasteiger partial charge in [0.15, 0.2) is 0 Å². The maximum Gasteiger partial charge on any atom is 0.228 e. The Labute approximate surface area is 130 Å². The zero-order chi connectivity index (χ0) is 14.5. The molecule has 0 aromatic heterocycles. The molecule has 5 heteroatoms. The molecule has 1 amide bonds. The molecule has 0 spiro atoms. The van der Waals surface area contributed by atoms with E-state index in [0.717, 1.165) is 10.0 Å². The minimum absolute atomic E-state index is 0.141. The number of carbonyl (C=O) groups excluding carboxylic acids is 1. The van der Waals surface area contributed by atoms with Crippen molar-refractivity contribution >= 4 is 39.1 Å². The number of hydrogen-bond acceptors (Lipinski definition) is 2. The highest BCUT2D eigenvalue weighted by molar-refractivity contribution is 9.10. The summed E-state index contributed by atoms with van der Waals surface area (Å²) in [6.07, 6.45) is 0.241. The van der Waals surface area contributed by atoms with Crippen LogP contribution in [-0.2, 0) is 11.2 Å². The summed E-state index contributed by atoms with van der Waals surface area (Å²) < 4.78 is 0.773. The third-order valence-electron chi connectivity index (χ3n) is 2.65. The molecule has 0 radical (unpaired) electrons. The van der Waals surface area contributed by atoms with Crippen LogP contribution >= 0.6 is 27.5 Å². The molecule has 2 aromatic rings. The molecular weight excluding hydrogens is 340 g/mol. The number of nitrogens with one attached hydrogen (secondary N) is 1. The standard InChI is InChI=1S/C15H10BrClN2O/c16-13-6-5-12(17)8-14(13)19-15(20)7-10-1-3-11(9-18)4-2-10/h1-6,8H,7H2,(H,19,20). The molecule has 0 fully saturated rings. The number of nitriles is 1. The van der Waals surface area contributed by atoms with E-state index in [1.165, 1.54) is 0 Å². The van der Waals surface area contributed by atoms with Gasteiger partial charge in [0.05, 0.1) is 23.7 Å². The van der Waals surface area contributed by atoms with Crippen molar-refractivity contribution in [2.75, 3.05) is 5.32 Å². The van der Waals surface area contributed by atoms with E-state index < -0.39 is 0 Å². The van der Waals surface area contributed by atoms with Crippen LogP contribution in [0.25, 0.3) is 0 Å². The van der Waals surface area contributed by atoms with Crippen molar-refractivity contribution in [3.63, 3.8) is 0 Å². The first-order chi connectivity index (χ1) is 9.58. The van der Waals surface area contributed by atoms with Gasteiger partial charge in [-0.1, -0.05) is 23.7 Å². The number of hydrogen-bond donors (Lipinski definition) is 1. The van der Waals surface area contributed by atoms with Gasteiger partial charge in [0, 0.05) is 9.50 Å². The maximum atomic E-state index is 12.0. The highest BCUT2D eigenvalue weighted by Crippen LogP contribution is 2.26. The molecule has 0 saturated heterocycles. The fourth-order valence-corrected chi connectivity index (χ4v) is 2.19. The molecule has 0 heterocycles. The number of amides is 1. The van der Waals surface area contributed by atoms with Crippen LogP contribution in [0.1, 0.15) is 11.1 Å². The Morgan fingerprint density at radius 3 is 2.60 bits per heavy atom. The Kier molecular flexibility index (Phi) is 4.78. The Bertz CT molecular complexity index is 677. The van der Waals surface area contributed by atoms with Crippen molar-refractivity contribution in [3.05, 3.63) is 63.1 Å². The van der Waals surface area contributed by atoms with E-state index >= 15 is 0 Å². The van der Waals surface area contributed by atoms with Crippen LogP contribution < -0.4 is 5.32 Å². The summed E-state index contributed by atoms with van der Waals surface area (Å²) in [5.74, 6) is -0.141. The van der Waals surface area contributed by atoms with E-state index in [4.69, 9.17) is 16.9 Å². The van der Waals surface area contributed by atoms with Gasteiger partial charge in [0.25, 0.3) is 0 Å². The van der Waals surface area contributed by atoms with Gasteiger partial charge in [-0.2, -0.15) is 5.26 Å². The molecule has 0 aliphatic heterocycles. The van der Waals surface area contributed by atoms with Crippen molar-refractivity contribution in [1.82, 2.24) is 0 Å². The van der Waals surface area contributed by atoms with Crippen LogP contribution in [0.5, 0.6) is 0 Å². The predicted molar refractivity (Wildman–Crippen MR) is 82.6 cm³/mol. The van der Waals surface area contributed by atoms with Gasteiger partial charge in [-0.05, 0) is 51.8 Å². The fourth-order valence-electron chi connectivity index (χ4n) is 1.67. The van der Waals surface area contributed by atoms with Crippen molar-refractivity contribution in [2.45, 2.75) is 6.42 Å². The van der Waals surface area contributed by atoms with Crippen LogP contribution in [0.2, 0.25) is 5.02 Å². The molecule has 0 unspecified atom stereocenters. The number of benzene rings is 2. The Balaban J connectivity index is 2.05. The predicted octanol–water partition coefficient (Wildman–Crippen LogP) is 4.16. The number of anilines is 1. The highest BCUT2D eigenvalue weighted by Gasteiger charge is 2.07. The number of halogens is 2. The lowest BCUT2D eigenvalue weighted by molar-refractivity contribution is -0.115. The molecule has 20 heavy (non-hydrogen) atoms. The average Bonchev–Trinajstić information content (AvgIpc) is 2.43. The maximum absolute atomic E-state index is 12.0. The largest absolute Gasteiger partial charge is 0.325 e. The topological polar surface area (TPSA) is 52.9 Å². The van der Waals surface area contributed by atoms with Gasteiger partial charge in [-0.25, -0.2) is 0 Å². The summed E-state index contributed by atoms with van der Waals surface area (Å²) in [4.78, 5) is 12.0. The molecule has 1 N–H and O–H groups in total. The van der Waals surface area contributed by atoms with Crippen LogP contribution in [0, 0.1) is 11.3 Å². The first-order valence-electron chi connectivity index (χ1n) is 5.82. The summed E-state index contributed by atoms with van der Waals surface area (Å²) in [5.41, 5.74) is 2.06. The van der Waals surface area contributed by atoms with Gasteiger partial charge in [-0.3, -0.25) is 4.79 Å². The molecule has 0 atom stereocenters. The molecule has 0 saturated carbocycles. The first-order valence-corrected chi connectivity index (χ1v) is 6.99. The fraction of sp³-hybridized carbons (Fsp3) is 0.0667. The second-order valence-electron chi connectivity index (χ2n) is 4.16. The van der Waals surface area contributed by atoms with Crippen LogP contribution in [-0.4, -0.2) is 5.91 Å². The van der Waals surface area contributed by atoms with Crippen molar-refractivity contribution in [2.24, 2.45) is 0 Å². The molecule has 0 aliphatic rings. The third-order valence-corrected chi connectivity index (χ3v) is 3.58. The van der Waals surface area contributed by atoms with Gasteiger partial charge >= 0.3 is 0 Å². The number of rotatable bonds is 3. The average molecular weight is 350 g/mol. The van der Waals surface area contributed by atoms with Gasteiger partial charge in [0.2, 0.25) is 5.91 Å². The molecule has 0 aliphatic carbocycles. The molecule has 2 aromatic carbocycles. The minimum Gasteiger partial charge on any atom is -0.325 e. The Morgan fingerprint density at radius 2 is 1.95 bits per heavy atom. The number of nitrogens with zero attached hydrogens (tertiary/aromatic N) is 1. The zero-order valence-corrected chi connectivity index (χ0v) is 12.7. The second kappa shape index (κ2) is 6.56. The van der Waals surface area contributed by atoms with Gasteiger partial charge in [-0.15, -0.1) is 0 Å². The monoisotopic (exact) mass is 348 g/mol. The summed E-state index contributed by atoms with van der Waals surface area (Å²) in [7, 11) is 0. The SMILES string of the molecule is N#Cc1ccc(CC(=O)Nc2cc(Cl)ccc2Br)cc1. The lowest BCUT2D eigenvalue weighted by Crippen LogP contribution is -2.14. The number of carbonyl (C=O) groups is 1. The highest BCUT2D eigenvalue weighted by atomic mass is 79.9. The summed E-state index contributed by atoms with van der Waals surface area (Å²) in [6.45, 7) is 0. The van der Waals surface area contributed by atoms with Crippen LogP contribution in [0.15, 0.2) is 46.9 Å². The second-order valence-corrected chi connectivity index (χ2v) is 5.45. The van der Waals surface area contributed by atoms with Crippen LogP contribution in [0.4, 0.5) is 5.69 Å². The van der Waals surface area contributed by atoms with Crippen LogP contribution in [0.3, 0.4) is 0 Å². The Morgan fingerprint density at radius 1 is 1.25 bits per heavy atom. The third kappa shape index (κ3) is 3.83. The van der Waals surface area contributed by atoms with Crippen molar-refractivity contribution < 1.29 is 4.79 Å². The van der Waals surface area contributed by atoms with E-state index in [9.17, 15) is 4.79 Å². The minimum atomic E-state index is -0.141. The molecule has 0 bridgehead atoms. The van der Waals surface area contributed by atoms with Crippen molar-refractivity contribution in [1.29, 1.82) is 5.26 Å². The van der Waals surface area contributed by atoms with E-state index in [-0.39, 0.29) is 12.3 Å². The lowest BCUT2D eigenvalue weighted by Gasteiger charge is -2.08. The summed E-state index contributed by atoms with van der Waals surface area (Å²) >= 11 is 9.24. The summed E-state index contributed by atoms with van der Waals surface area (Å²) in [6, 6.07) is 14.2. The van der Waals surface area contributed by atoms with E-state index in [0.29, 0.717) is 16.3 Å². The molecular formula is C15H10BrClN2O. The molecule has 2 rings (SSSR count). The molecule has 100 valence electrons. The van der Waals surface area contributed by atoms with Gasteiger partial charge < -0.3 is 5.32 Å². The Hall–Kier alpha value is -1.83.